The SMILES string of the molecule is C[Si](C)Oc1c(C(C)(C)C)[cH-]c2ccccc12.[CH2-]C.[Zr+2]. The van der Waals surface area contributed by atoms with Gasteiger partial charge in [-0.25, -0.2) is 0 Å². The molecule has 0 aromatic heterocycles. The zero-order valence-corrected chi connectivity index (χ0v) is 17.0. The average Bonchev–Trinajstić information content (AvgIpc) is 2.70. The van der Waals surface area contributed by atoms with Gasteiger partial charge in [-0.1, -0.05) is 32.4 Å². The van der Waals surface area contributed by atoms with E-state index in [1.807, 2.05) is 0 Å². The van der Waals surface area contributed by atoms with Crippen LogP contribution in [0.25, 0.3) is 10.8 Å². The van der Waals surface area contributed by atoms with Crippen LogP contribution in [0.15, 0.2) is 30.3 Å². The van der Waals surface area contributed by atoms with Gasteiger partial charge < -0.3 is 11.3 Å². The molecule has 0 spiro atoms. The third kappa shape index (κ3) is 4.63. The van der Waals surface area contributed by atoms with E-state index >= 15 is 0 Å². The Morgan fingerprint density at radius 3 is 2.15 bits per heavy atom. The van der Waals surface area contributed by atoms with Gasteiger partial charge in [0.1, 0.15) is 0 Å². The first kappa shape index (κ1) is 19.7. The molecule has 107 valence electrons. The second-order valence-corrected chi connectivity index (χ2v) is 7.76. The predicted molar refractivity (Wildman–Crippen MR) is 87.4 cm³/mol. The maximum atomic E-state index is 6.13. The van der Waals surface area contributed by atoms with E-state index in [2.05, 4.69) is 71.1 Å². The quantitative estimate of drug-likeness (QED) is 0.517. The number of rotatable bonds is 2. The van der Waals surface area contributed by atoms with E-state index in [4.69, 9.17) is 4.43 Å². The summed E-state index contributed by atoms with van der Waals surface area (Å²) < 4.78 is 6.13. The standard InChI is InChI=1S/C15H20OSi.C2H5.Zr/c1-15(2,3)13-10-11-8-6-7-9-12(11)14(13)16-17(4)5;1-2;/h6-10H,1-5H3;1H2,2H3;/q2*-1;+2. The molecule has 0 unspecified atom stereocenters. The van der Waals surface area contributed by atoms with Gasteiger partial charge in [0.15, 0.2) is 0 Å². The minimum Gasteiger partial charge on any atom is -0.592 e. The summed E-state index contributed by atoms with van der Waals surface area (Å²) in [7, 11) is -0.729. The van der Waals surface area contributed by atoms with Crippen molar-refractivity contribution in [1.82, 2.24) is 0 Å². The molecule has 1 nitrogen and oxygen atoms in total. The van der Waals surface area contributed by atoms with Crippen molar-refractivity contribution >= 4 is 19.8 Å². The van der Waals surface area contributed by atoms with Crippen molar-refractivity contribution < 1.29 is 30.6 Å². The molecule has 0 N–H and O–H groups in total. The van der Waals surface area contributed by atoms with Crippen molar-refractivity contribution in [3.8, 4) is 5.75 Å². The Kier molecular flexibility index (Phi) is 8.13. The Morgan fingerprint density at radius 1 is 1.10 bits per heavy atom. The van der Waals surface area contributed by atoms with E-state index in [1.54, 1.807) is 6.92 Å². The van der Waals surface area contributed by atoms with Crippen LogP contribution >= 0.6 is 0 Å². The largest absolute Gasteiger partial charge is 2.00 e. The third-order valence-electron chi connectivity index (χ3n) is 2.86. The van der Waals surface area contributed by atoms with E-state index in [0.717, 1.165) is 5.75 Å². The summed E-state index contributed by atoms with van der Waals surface area (Å²) in [5, 5.41) is 2.54. The summed E-state index contributed by atoms with van der Waals surface area (Å²) in [5.74, 6) is 1.10. The minimum absolute atomic E-state index is 0. The first-order valence-electron chi connectivity index (χ1n) is 6.77. The number of benzene rings is 1. The molecule has 0 saturated heterocycles. The second-order valence-electron chi connectivity index (χ2n) is 5.73. The molecule has 0 amide bonds. The molecular formula is C17H25OSiZr. The van der Waals surface area contributed by atoms with Crippen LogP contribution in [0.5, 0.6) is 5.75 Å². The molecule has 0 fully saturated rings. The van der Waals surface area contributed by atoms with Gasteiger partial charge in [0.05, 0.1) is 0 Å². The molecule has 0 heterocycles. The maximum absolute atomic E-state index is 6.13. The Hall–Kier alpha value is -0.270. The Balaban J connectivity index is 0.00000115. The van der Waals surface area contributed by atoms with E-state index in [1.165, 1.54) is 16.3 Å². The summed E-state index contributed by atoms with van der Waals surface area (Å²) in [6, 6.07) is 10.8. The summed E-state index contributed by atoms with van der Waals surface area (Å²) in [4.78, 5) is 0. The van der Waals surface area contributed by atoms with Crippen LogP contribution in [0, 0.1) is 6.92 Å². The molecule has 2 aromatic rings. The van der Waals surface area contributed by atoms with Crippen LogP contribution in [-0.2, 0) is 31.6 Å². The summed E-state index contributed by atoms with van der Waals surface area (Å²) in [6.07, 6.45) is 0. The molecule has 20 heavy (non-hydrogen) atoms. The molecule has 2 rings (SSSR count). The summed E-state index contributed by atoms with van der Waals surface area (Å²) >= 11 is 0. The van der Waals surface area contributed by atoms with Crippen molar-refractivity contribution in [3.63, 3.8) is 0 Å². The fraction of sp³-hybridized carbons (Fsp3) is 0.412. The van der Waals surface area contributed by atoms with Gasteiger partial charge in [0, 0.05) is 0 Å². The Morgan fingerprint density at radius 2 is 1.65 bits per heavy atom. The van der Waals surface area contributed by atoms with E-state index in [-0.39, 0.29) is 31.6 Å². The van der Waals surface area contributed by atoms with E-state index < -0.39 is 9.04 Å². The zero-order valence-electron chi connectivity index (χ0n) is 13.5. The summed E-state index contributed by atoms with van der Waals surface area (Å²) in [5.41, 5.74) is 1.45. The zero-order chi connectivity index (χ0) is 14.6. The van der Waals surface area contributed by atoms with Crippen LogP contribution < -0.4 is 4.43 Å². The molecule has 0 atom stereocenters. The van der Waals surface area contributed by atoms with E-state index in [9.17, 15) is 0 Å². The maximum Gasteiger partial charge on any atom is 2.00 e. The third-order valence-corrected chi connectivity index (χ3v) is 3.48. The van der Waals surface area contributed by atoms with Crippen LogP contribution in [0.2, 0.25) is 13.1 Å². The van der Waals surface area contributed by atoms with E-state index in [0.29, 0.717) is 0 Å². The molecule has 0 aliphatic carbocycles. The topological polar surface area (TPSA) is 9.23 Å². The molecule has 1 radical (unpaired) electrons. The van der Waals surface area contributed by atoms with Crippen LogP contribution in [0.1, 0.15) is 33.3 Å². The first-order chi connectivity index (χ1) is 8.89. The van der Waals surface area contributed by atoms with Crippen molar-refractivity contribution in [3.05, 3.63) is 42.8 Å². The summed E-state index contributed by atoms with van der Waals surface area (Å²) in [6.45, 7) is 16.1. The van der Waals surface area contributed by atoms with Crippen molar-refractivity contribution in [2.24, 2.45) is 0 Å². The average molecular weight is 365 g/mol. The van der Waals surface area contributed by atoms with Crippen LogP contribution in [-0.4, -0.2) is 9.04 Å². The van der Waals surface area contributed by atoms with Gasteiger partial charge >= 0.3 is 26.2 Å². The van der Waals surface area contributed by atoms with Crippen molar-refractivity contribution in [2.45, 2.75) is 46.2 Å². The predicted octanol–water partition coefficient (Wildman–Crippen LogP) is 5.32. The number of fused-ring (bicyclic) bond motifs is 1. The monoisotopic (exact) mass is 363 g/mol. The molecule has 0 saturated carbocycles. The van der Waals surface area contributed by atoms with Gasteiger partial charge in [0.2, 0.25) is 0 Å². The number of hydrogen-bond donors (Lipinski definition) is 0. The molecule has 0 bridgehead atoms. The fourth-order valence-electron chi connectivity index (χ4n) is 2.07. The van der Waals surface area contributed by atoms with Gasteiger partial charge in [-0.2, -0.15) is 6.92 Å². The van der Waals surface area contributed by atoms with Crippen LogP contribution in [0.3, 0.4) is 0 Å². The molecular weight excluding hydrogens is 339 g/mol. The Labute approximate surface area is 144 Å². The number of hydrogen-bond acceptors (Lipinski definition) is 1. The van der Waals surface area contributed by atoms with Gasteiger partial charge in [-0.05, 0) is 24.3 Å². The molecule has 3 heteroatoms. The van der Waals surface area contributed by atoms with Gasteiger partial charge in [-0.3, -0.25) is 0 Å². The molecule has 0 aliphatic rings. The second kappa shape index (κ2) is 8.24. The van der Waals surface area contributed by atoms with Crippen LogP contribution in [0.4, 0.5) is 0 Å². The van der Waals surface area contributed by atoms with Gasteiger partial charge in [0.25, 0.3) is 9.04 Å². The van der Waals surface area contributed by atoms with Crippen molar-refractivity contribution in [1.29, 1.82) is 0 Å². The fourth-order valence-corrected chi connectivity index (χ4v) is 2.70. The smallest absolute Gasteiger partial charge is 0.592 e. The molecule has 0 aliphatic heterocycles. The Bertz CT molecular complexity index is 523. The molecule has 2 aromatic carbocycles. The minimum atomic E-state index is -0.729. The first-order valence-corrected chi connectivity index (χ1v) is 9.18. The van der Waals surface area contributed by atoms with Crippen molar-refractivity contribution in [2.75, 3.05) is 0 Å². The normalized spacial score (nSPS) is 10.8. The van der Waals surface area contributed by atoms with Gasteiger partial charge in [-0.15, -0.1) is 35.0 Å².